The number of carbonyl (C=O) groups is 2. The van der Waals surface area contributed by atoms with Crippen LogP contribution in [0.5, 0.6) is 17.2 Å². The van der Waals surface area contributed by atoms with Crippen molar-refractivity contribution in [3.05, 3.63) is 17.2 Å². The molecule has 7 nitrogen and oxygen atoms in total. The van der Waals surface area contributed by atoms with Gasteiger partial charge in [-0.3, -0.25) is 9.59 Å². The van der Waals surface area contributed by atoms with Crippen LogP contribution in [0.4, 0.5) is 0 Å². The van der Waals surface area contributed by atoms with Crippen molar-refractivity contribution in [1.82, 2.24) is 0 Å². The monoisotopic (exact) mass is 448 g/mol. The molecule has 0 saturated heterocycles. The van der Waals surface area contributed by atoms with Crippen LogP contribution in [-0.4, -0.2) is 37.5 Å². The molecule has 0 radical (unpaired) electrons. The zero-order valence-corrected chi connectivity index (χ0v) is 18.7. The zero-order chi connectivity index (χ0) is 23.4. The predicted octanol–water partition coefficient (Wildman–Crippen LogP) is 5.13. The van der Waals surface area contributed by atoms with Gasteiger partial charge in [0.25, 0.3) is 0 Å². The molecule has 2 aliphatic rings. The lowest BCUT2D eigenvalue weighted by atomic mass is 9.93. The number of carboxylic acid groups (broad SMARTS) is 2. The highest BCUT2D eigenvalue weighted by Crippen LogP contribution is 2.51. The smallest absolute Gasteiger partial charge is 0.309 e. The molecule has 2 fully saturated rings. The van der Waals surface area contributed by atoms with Crippen LogP contribution in [0.25, 0.3) is 0 Å². The average molecular weight is 449 g/mol. The van der Waals surface area contributed by atoms with Gasteiger partial charge in [0.05, 0.1) is 10.8 Å². The summed E-state index contributed by atoms with van der Waals surface area (Å²) >= 11 is 0. The first-order chi connectivity index (χ1) is 15.2. The second-order valence-corrected chi connectivity index (χ2v) is 9.88. The fourth-order valence-corrected chi connectivity index (χ4v) is 4.76. The maximum atomic E-state index is 11.3. The van der Waals surface area contributed by atoms with Crippen LogP contribution >= 0.6 is 0 Å². The minimum absolute atomic E-state index is 0.263. The normalized spacial score (nSPS) is 17.8. The van der Waals surface area contributed by atoms with Gasteiger partial charge >= 0.3 is 11.9 Å². The minimum Gasteiger partial charge on any atom is -0.504 e. The number of benzene rings is 1. The number of unbranched alkanes of at least 4 members (excludes halogenated alkanes) is 5. The summed E-state index contributed by atoms with van der Waals surface area (Å²) in [7, 11) is 0. The first-order valence-electron chi connectivity index (χ1n) is 11.9. The van der Waals surface area contributed by atoms with Crippen LogP contribution in [0, 0.1) is 10.8 Å². The first-order valence-corrected chi connectivity index (χ1v) is 11.9. The minimum atomic E-state index is -0.698. The highest BCUT2D eigenvalue weighted by Gasteiger charge is 2.49. The van der Waals surface area contributed by atoms with Gasteiger partial charge in [-0.25, -0.2) is 0 Å². The van der Waals surface area contributed by atoms with Crippen molar-refractivity contribution >= 4 is 11.9 Å². The molecular formula is C25H36O7. The van der Waals surface area contributed by atoms with Crippen LogP contribution in [0.1, 0.15) is 94.6 Å². The first kappa shape index (κ1) is 24.2. The molecule has 7 heteroatoms. The van der Waals surface area contributed by atoms with E-state index < -0.39 is 28.5 Å². The van der Waals surface area contributed by atoms with E-state index in [-0.39, 0.29) is 11.5 Å². The molecule has 0 atom stereocenters. The number of aryl methyl sites for hydroxylation is 1. The molecule has 0 amide bonds. The number of aliphatic carboxylic acids is 2. The van der Waals surface area contributed by atoms with Gasteiger partial charge < -0.3 is 25.5 Å². The lowest BCUT2D eigenvalue weighted by molar-refractivity contribution is -0.144. The molecule has 0 unspecified atom stereocenters. The molecule has 0 aromatic heterocycles. The Labute approximate surface area is 189 Å². The van der Waals surface area contributed by atoms with Crippen LogP contribution in [0.2, 0.25) is 0 Å². The average Bonchev–Trinajstić information content (AvgIpc) is 3.66. The molecule has 1 aromatic carbocycles. The van der Waals surface area contributed by atoms with E-state index in [0.717, 1.165) is 82.6 Å². The molecule has 5 N–H and O–H groups in total. The van der Waals surface area contributed by atoms with Crippen LogP contribution in [0.3, 0.4) is 0 Å². The molecule has 0 bridgehead atoms. The molecule has 2 aliphatic carbocycles. The van der Waals surface area contributed by atoms with Gasteiger partial charge in [-0.05, 0) is 75.8 Å². The van der Waals surface area contributed by atoms with Gasteiger partial charge in [0.1, 0.15) is 0 Å². The van der Waals surface area contributed by atoms with Gasteiger partial charge in [0.15, 0.2) is 11.5 Å². The maximum Gasteiger partial charge on any atom is 0.309 e. The molecule has 0 aliphatic heterocycles. The van der Waals surface area contributed by atoms with E-state index >= 15 is 0 Å². The third-order valence-corrected chi connectivity index (χ3v) is 7.50. The lowest BCUT2D eigenvalue weighted by Crippen LogP contribution is -2.14. The van der Waals surface area contributed by atoms with E-state index in [9.17, 15) is 35.1 Å². The van der Waals surface area contributed by atoms with Gasteiger partial charge in [0, 0.05) is 5.56 Å². The summed E-state index contributed by atoms with van der Waals surface area (Å²) in [6.45, 7) is 0. The van der Waals surface area contributed by atoms with Gasteiger partial charge in [-0.2, -0.15) is 0 Å². The Hall–Kier alpha value is -2.44. The van der Waals surface area contributed by atoms with E-state index in [2.05, 4.69) is 0 Å². The van der Waals surface area contributed by atoms with Gasteiger partial charge in [-0.1, -0.05) is 32.1 Å². The molecule has 0 spiro atoms. The Balaban J connectivity index is 1.44. The second-order valence-electron chi connectivity index (χ2n) is 9.88. The third kappa shape index (κ3) is 5.67. The summed E-state index contributed by atoms with van der Waals surface area (Å²) in [5, 5.41) is 48.7. The van der Waals surface area contributed by atoms with Crippen molar-refractivity contribution in [3.63, 3.8) is 0 Å². The SMILES string of the molecule is O=C(O)C1(CCCCCCc2cc(O)c(O)c(O)c2CCCCCC2(C(=O)O)CC2)CC1. The summed E-state index contributed by atoms with van der Waals surface area (Å²) < 4.78 is 0. The Bertz CT molecular complexity index is 837. The number of aromatic hydroxyl groups is 3. The van der Waals surface area contributed by atoms with E-state index in [1.807, 2.05) is 0 Å². The molecular weight excluding hydrogens is 412 g/mol. The maximum absolute atomic E-state index is 11.3. The fourth-order valence-electron chi connectivity index (χ4n) is 4.76. The lowest BCUT2D eigenvalue weighted by Gasteiger charge is -2.15. The Kier molecular flexibility index (Phi) is 7.57. The second kappa shape index (κ2) is 10.0. The number of hydrogen-bond donors (Lipinski definition) is 5. The van der Waals surface area contributed by atoms with E-state index in [0.29, 0.717) is 24.8 Å². The summed E-state index contributed by atoms with van der Waals surface area (Å²) in [5.74, 6) is -2.45. The summed E-state index contributed by atoms with van der Waals surface area (Å²) in [5.41, 5.74) is 0.507. The standard InChI is InChI=1S/C25H36O7/c26-19-16-17(8-4-1-2-6-10-24(12-13-24)22(29)30)18(20(27)21(19)28)9-5-3-7-11-25(14-15-25)23(31)32/h16,26-28H,1-15H2,(H,29,30)(H,31,32). The molecule has 0 heterocycles. The number of phenols is 3. The van der Waals surface area contributed by atoms with Crippen LogP contribution in [-0.2, 0) is 22.4 Å². The summed E-state index contributed by atoms with van der Waals surface area (Å²) in [6.07, 6.45) is 11.8. The number of phenolic OH excluding ortho intramolecular Hbond substituents is 3. The van der Waals surface area contributed by atoms with Gasteiger partial charge in [-0.15, -0.1) is 0 Å². The highest BCUT2D eigenvalue weighted by atomic mass is 16.4. The van der Waals surface area contributed by atoms with E-state index in [4.69, 9.17) is 0 Å². The summed E-state index contributed by atoms with van der Waals surface area (Å²) in [4.78, 5) is 22.5. The quantitative estimate of drug-likeness (QED) is 0.185. The van der Waals surface area contributed by atoms with Crippen molar-refractivity contribution in [2.75, 3.05) is 0 Å². The van der Waals surface area contributed by atoms with Crippen LogP contribution in [0.15, 0.2) is 6.07 Å². The highest BCUT2D eigenvalue weighted by molar-refractivity contribution is 5.78. The largest absolute Gasteiger partial charge is 0.504 e. The predicted molar refractivity (Wildman–Crippen MR) is 119 cm³/mol. The van der Waals surface area contributed by atoms with Gasteiger partial charge in [0.2, 0.25) is 5.75 Å². The molecule has 178 valence electrons. The zero-order valence-electron chi connectivity index (χ0n) is 18.7. The Morgan fingerprint density at radius 2 is 1.16 bits per heavy atom. The third-order valence-electron chi connectivity index (χ3n) is 7.50. The van der Waals surface area contributed by atoms with E-state index in [1.165, 1.54) is 6.07 Å². The van der Waals surface area contributed by atoms with Crippen molar-refractivity contribution in [1.29, 1.82) is 0 Å². The van der Waals surface area contributed by atoms with E-state index in [1.54, 1.807) is 0 Å². The fraction of sp³-hybridized carbons (Fsp3) is 0.680. The Morgan fingerprint density at radius 3 is 1.66 bits per heavy atom. The topological polar surface area (TPSA) is 135 Å². The molecule has 1 aromatic rings. The van der Waals surface area contributed by atoms with Crippen molar-refractivity contribution in [2.45, 2.75) is 96.3 Å². The summed E-state index contributed by atoms with van der Waals surface area (Å²) in [6, 6.07) is 1.53. The van der Waals surface area contributed by atoms with Crippen molar-refractivity contribution in [2.24, 2.45) is 10.8 Å². The Morgan fingerprint density at radius 1 is 0.688 bits per heavy atom. The molecule has 2 saturated carbocycles. The molecule has 3 rings (SSSR count). The van der Waals surface area contributed by atoms with Crippen molar-refractivity contribution in [3.8, 4) is 17.2 Å². The van der Waals surface area contributed by atoms with Crippen molar-refractivity contribution < 1.29 is 35.1 Å². The number of rotatable bonds is 15. The molecule has 32 heavy (non-hydrogen) atoms. The number of carboxylic acids is 2. The number of hydrogen-bond acceptors (Lipinski definition) is 5. The van der Waals surface area contributed by atoms with Crippen LogP contribution < -0.4 is 0 Å².